The molecule has 1 rings (SSSR count). The maximum absolute atomic E-state index is 11.6. The van der Waals surface area contributed by atoms with Gasteiger partial charge >= 0.3 is 17.6 Å². The number of carbonyl (C=O) groups is 2. The van der Waals surface area contributed by atoms with E-state index in [1.54, 1.807) is 19.9 Å². The summed E-state index contributed by atoms with van der Waals surface area (Å²) in [5, 5.41) is 11.4. The van der Waals surface area contributed by atoms with E-state index in [0.29, 0.717) is 11.1 Å². The molecule has 0 aromatic heterocycles. The second-order valence-electron chi connectivity index (χ2n) is 4.67. The Kier molecular flexibility index (Phi) is 7.37. The number of rotatable bonds is 7. The summed E-state index contributed by atoms with van der Waals surface area (Å²) in [5.41, 5.74) is 0.258. The number of aryl methyl sites for hydroxylation is 2. The minimum absolute atomic E-state index is 0.00234. The molecule has 0 bridgehead atoms. The molecule has 0 unspecified atom stereocenters. The highest BCUT2D eigenvalue weighted by molar-refractivity contribution is 7.80. The number of benzene rings is 1. The molecule has 0 N–H and O–H groups in total. The topological polar surface area (TPSA) is 95.7 Å². The number of nitro benzene ring substituents is 1. The molecule has 0 atom stereocenters. The lowest BCUT2D eigenvalue weighted by molar-refractivity contribution is -0.386. The summed E-state index contributed by atoms with van der Waals surface area (Å²) in [5.74, 6) is -1.24. The van der Waals surface area contributed by atoms with E-state index < -0.39 is 22.5 Å². The molecular formula is C14H17NO6S2. The summed E-state index contributed by atoms with van der Waals surface area (Å²) in [7, 11) is 0. The highest BCUT2D eigenvalue weighted by Gasteiger charge is 2.30. The van der Waals surface area contributed by atoms with Gasteiger partial charge in [-0.05, 0) is 31.0 Å². The summed E-state index contributed by atoms with van der Waals surface area (Å²) >= 11 is 7.83. The zero-order valence-corrected chi connectivity index (χ0v) is 14.5. The molecule has 9 heteroatoms. The third-order valence-electron chi connectivity index (χ3n) is 2.83. The molecule has 0 heterocycles. The molecule has 1 aromatic carbocycles. The third-order valence-corrected chi connectivity index (χ3v) is 3.27. The van der Waals surface area contributed by atoms with Crippen LogP contribution < -0.4 is 9.47 Å². The van der Waals surface area contributed by atoms with Gasteiger partial charge in [-0.3, -0.25) is 19.7 Å². The largest absolute Gasteiger partial charge is 0.419 e. The molecule has 0 aliphatic carbocycles. The second-order valence-corrected chi connectivity index (χ2v) is 5.56. The smallest absolute Gasteiger partial charge is 0.354 e. The SMILES string of the molecule is Cc1cc(C)c(OC(=O)CCS)c([N+](=O)[O-])c1OC(=O)CCS. The average molecular weight is 359 g/mol. The van der Waals surface area contributed by atoms with Gasteiger partial charge in [0.05, 0.1) is 17.8 Å². The van der Waals surface area contributed by atoms with Gasteiger partial charge in [0.25, 0.3) is 0 Å². The zero-order chi connectivity index (χ0) is 17.6. The molecule has 7 nitrogen and oxygen atoms in total. The van der Waals surface area contributed by atoms with Crippen molar-refractivity contribution < 1.29 is 24.0 Å². The number of nitrogens with zero attached hydrogens (tertiary/aromatic N) is 1. The Bertz CT molecular complexity index is 588. The minimum atomic E-state index is -0.730. The van der Waals surface area contributed by atoms with Crippen molar-refractivity contribution in [2.75, 3.05) is 11.5 Å². The first-order chi connectivity index (χ1) is 10.8. The Morgan fingerprint density at radius 2 is 1.43 bits per heavy atom. The lowest BCUT2D eigenvalue weighted by atomic mass is 10.1. The lowest BCUT2D eigenvalue weighted by Gasteiger charge is -2.13. The highest BCUT2D eigenvalue weighted by Crippen LogP contribution is 2.42. The van der Waals surface area contributed by atoms with Crippen molar-refractivity contribution in [3.63, 3.8) is 0 Å². The van der Waals surface area contributed by atoms with E-state index in [2.05, 4.69) is 25.3 Å². The first-order valence-electron chi connectivity index (χ1n) is 6.73. The monoisotopic (exact) mass is 359 g/mol. The summed E-state index contributed by atoms with van der Waals surface area (Å²) in [4.78, 5) is 34.0. The van der Waals surface area contributed by atoms with Crippen molar-refractivity contribution in [2.24, 2.45) is 0 Å². The number of ether oxygens (including phenoxy) is 2. The maximum Gasteiger partial charge on any atom is 0.354 e. The number of hydrogen-bond donors (Lipinski definition) is 2. The Hall–Kier alpha value is -1.74. The fourth-order valence-electron chi connectivity index (χ4n) is 1.87. The molecule has 0 aliphatic rings. The Labute approximate surface area is 144 Å². The fraction of sp³-hybridized carbons (Fsp3) is 0.429. The van der Waals surface area contributed by atoms with Crippen LogP contribution in [0, 0.1) is 24.0 Å². The van der Waals surface area contributed by atoms with E-state index in [0.717, 1.165) is 0 Å². The van der Waals surface area contributed by atoms with Gasteiger partial charge in [-0.25, -0.2) is 0 Å². The molecule has 126 valence electrons. The van der Waals surface area contributed by atoms with Crippen LogP contribution in [0.5, 0.6) is 11.5 Å². The van der Waals surface area contributed by atoms with Crippen LogP contribution in [0.2, 0.25) is 0 Å². The fourth-order valence-corrected chi connectivity index (χ4v) is 2.23. The van der Waals surface area contributed by atoms with Crippen molar-refractivity contribution in [1.82, 2.24) is 0 Å². The van der Waals surface area contributed by atoms with Gasteiger partial charge < -0.3 is 9.47 Å². The number of thiol groups is 2. The van der Waals surface area contributed by atoms with Crippen molar-refractivity contribution >= 4 is 42.9 Å². The van der Waals surface area contributed by atoms with Gasteiger partial charge in [0.2, 0.25) is 11.5 Å². The molecule has 0 radical (unpaired) electrons. The Morgan fingerprint density at radius 3 is 1.74 bits per heavy atom. The summed E-state index contributed by atoms with van der Waals surface area (Å²) in [6.45, 7) is 3.14. The van der Waals surface area contributed by atoms with Gasteiger partial charge in [-0.2, -0.15) is 25.3 Å². The predicted molar refractivity (Wildman–Crippen MR) is 90.8 cm³/mol. The molecule has 0 saturated carbocycles. The van der Waals surface area contributed by atoms with E-state index >= 15 is 0 Å². The van der Waals surface area contributed by atoms with Gasteiger partial charge in [-0.15, -0.1) is 0 Å². The second kappa shape index (κ2) is 8.78. The minimum Gasteiger partial charge on any atom is -0.419 e. The third kappa shape index (κ3) is 5.14. The van der Waals surface area contributed by atoms with Crippen LogP contribution in [0.1, 0.15) is 24.0 Å². The Balaban J connectivity index is 3.36. The standard InChI is InChI=1S/C14H17NO6S2/c1-8-7-9(2)14(21-11(17)4-6-23)12(15(18)19)13(8)20-10(16)3-5-22/h7,22-23H,3-6H2,1-2H3. The van der Waals surface area contributed by atoms with Crippen LogP contribution in [0.15, 0.2) is 6.07 Å². The first kappa shape index (κ1) is 19.3. The molecule has 1 aromatic rings. The van der Waals surface area contributed by atoms with Crippen LogP contribution >= 0.6 is 25.3 Å². The number of nitro groups is 1. The van der Waals surface area contributed by atoms with Crippen molar-refractivity contribution in [3.8, 4) is 11.5 Å². The van der Waals surface area contributed by atoms with Gasteiger partial charge in [0.1, 0.15) is 0 Å². The van der Waals surface area contributed by atoms with Crippen LogP contribution in [-0.4, -0.2) is 28.4 Å². The average Bonchev–Trinajstić information content (AvgIpc) is 2.44. The molecule has 0 amide bonds. The molecule has 0 saturated heterocycles. The van der Waals surface area contributed by atoms with Crippen molar-refractivity contribution in [3.05, 3.63) is 27.3 Å². The maximum atomic E-state index is 11.6. The van der Waals surface area contributed by atoms with Crippen molar-refractivity contribution in [1.29, 1.82) is 0 Å². The highest BCUT2D eigenvalue weighted by atomic mass is 32.1. The van der Waals surface area contributed by atoms with E-state index in [-0.39, 0.29) is 35.8 Å². The summed E-state index contributed by atoms with van der Waals surface area (Å²) in [6, 6.07) is 1.56. The van der Waals surface area contributed by atoms with Gasteiger partial charge in [-0.1, -0.05) is 0 Å². The quantitative estimate of drug-likeness (QED) is 0.255. The van der Waals surface area contributed by atoms with E-state index in [4.69, 9.17) is 9.47 Å². The predicted octanol–water partition coefficient (Wildman–Crippen LogP) is 2.66. The van der Waals surface area contributed by atoms with E-state index in [1.807, 2.05) is 0 Å². The van der Waals surface area contributed by atoms with Crippen molar-refractivity contribution in [2.45, 2.75) is 26.7 Å². The van der Waals surface area contributed by atoms with Crippen LogP contribution in [-0.2, 0) is 9.59 Å². The molecular weight excluding hydrogens is 342 g/mol. The first-order valence-corrected chi connectivity index (χ1v) is 8.00. The number of hydrogen-bond acceptors (Lipinski definition) is 8. The summed E-state index contributed by atoms with van der Waals surface area (Å²) in [6.07, 6.45) is 0.00467. The van der Waals surface area contributed by atoms with E-state index in [9.17, 15) is 19.7 Å². The Morgan fingerprint density at radius 1 is 1.04 bits per heavy atom. The van der Waals surface area contributed by atoms with Gasteiger partial charge in [0.15, 0.2) is 0 Å². The summed E-state index contributed by atoms with van der Waals surface area (Å²) < 4.78 is 10.2. The molecule has 0 spiro atoms. The molecule has 0 aliphatic heterocycles. The molecule has 23 heavy (non-hydrogen) atoms. The van der Waals surface area contributed by atoms with Crippen LogP contribution in [0.25, 0.3) is 0 Å². The lowest BCUT2D eigenvalue weighted by Crippen LogP contribution is -2.14. The number of carbonyl (C=O) groups excluding carboxylic acids is 2. The van der Waals surface area contributed by atoms with Crippen LogP contribution in [0.4, 0.5) is 5.69 Å². The normalized spacial score (nSPS) is 10.3. The van der Waals surface area contributed by atoms with Crippen LogP contribution in [0.3, 0.4) is 0 Å². The van der Waals surface area contributed by atoms with Gasteiger partial charge in [0, 0.05) is 11.5 Å². The zero-order valence-electron chi connectivity index (χ0n) is 12.7. The van der Waals surface area contributed by atoms with E-state index in [1.165, 1.54) is 0 Å². The number of esters is 2. The molecule has 0 fully saturated rings.